The molecule has 1 nitrogen and oxygen atoms in total. The minimum absolute atomic E-state index is 0.422. The fraction of sp³-hybridized carbons (Fsp3) is 0.0833. The van der Waals surface area contributed by atoms with Crippen LogP contribution in [0, 0.1) is 0 Å². The molecule has 25 heavy (non-hydrogen) atoms. The van der Waals surface area contributed by atoms with Gasteiger partial charge in [0.25, 0.3) is 0 Å². The van der Waals surface area contributed by atoms with Crippen LogP contribution in [0.4, 0.5) is 0 Å². The molecule has 1 aliphatic rings. The number of furan rings is 1. The number of rotatable bonds is 2. The molecule has 4 aromatic rings. The molecule has 0 aliphatic heterocycles. The van der Waals surface area contributed by atoms with E-state index in [9.17, 15) is 0 Å². The molecule has 1 aliphatic carbocycles. The highest BCUT2D eigenvalue weighted by atomic mass is 16.3. The summed E-state index contributed by atoms with van der Waals surface area (Å²) in [4.78, 5) is 0. The van der Waals surface area contributed by atoms with Gasteiger partial charge in [-0.3, -0.25) is 0 Å². The van der Waals surface area contributed by atoms with Crippen molar-refractivity contribution in [3.05, 3.63) is 102 Å². The Bertz CT molecular complexity index is 1110. The van der Waals surface area contributed by atoms with Gasteiger partial charge in [0.05, 0.1) is 0 Å². The average Bonchev–Trinajstić information content (AvgIpc) is 3.07. The monoisotopic (exact) mass is 322 g/mol. The largest absolute Gasteiger partial charge is 0.456 e. The van der Waals surface area contributed by atoms with Crippen LogP contribution in [0.1, 0.15) is 23.5 Å². The van der Waals surface area contributed by atoms with E-state index in [0.29, 0.717) is 5.92 Å². The molecule has 0 fully saturated rings. The Morgan fingerprint density at radius 2 is 1.56 bits per heavy atom. The first-order valence-electron chi connectivity index (χ1n) is 8.73. The Hall–Kier alpha value is -3.06. The molecule has 0 saturated heterocycles. The molecule has 1 heterocycles. The summed E-state index contributed by atoms with van der Waals surface area (Å²) < 4.78 is 5.94. The lowest BCUT2D eigenvalue weighted by Crippen LogP contribution is -1.98. The van der Waals surface area contributed by atoms with Crippen molar-refractivity contribution in [1.82, 2.24) is 0 Å². The van der Waals surface area contributed by atoms with Crippen molar-refractivity contribution in [1.29, 1.82) is 0 Å². The zero-order valence-electron chi connectivity index (χ0n) is 13.9. The predicted octanol–water partition coefficient (Wildman–Crippen LogP) is 6.71. The lowest BCUT2D eigenvalue weighted by atomic mass is 9.88. The molecular formula is C24H18O. The normalized spacial score (nSPS) is 17.1. The van der Waals surface area contributed by atoms with Crippen molar-refractivity contribution in [2.24, 2.45) is 0 Å². The summed E-state index contributed by atoms with van der Waals surface area (Å²) in [6.45, 7) is 0. The van der Waals surface area contributed by atoms with Crippen LogP contribution in [0.5, 0.6) is 0 Å². The van der Waals surface area contributed by atoms with Crippen LogP contribution in [-0.2, 0) is 0 Å². The molecule has 0 radical (unpaired) electrons. The molecule has 1 unspecified atom stereocenters. The third-order valence-electron chi connectivity index (χ3n) is 5.04. The number of hydrogen-bond acceptors (Lipinski definition) is 1. The van der Waals surface area contributed by atoms with Gasteiger partial charge < -0.3 is 4.42 Å². The summed E-state index contributed by atoms with van der Waals surface area (Å²) in [5.74, 6) is 0.422. The van der Waals surface area contributed by atoms with E-state index in [2.05, 4.69) is 78.9 Å². The van der Waals surface area contributed by atoms with E-state index in [0.717, 1.165) is 17.6 Å². The Kier molecular flexibility index (Phi) is 3.31. The number of para-hydroxylation sites is 1. The molecule has 3 aromatic carbocycles. The molecule has 0 spiro atoms. The Balaban J connectivity index is 1.49. The summed E-state index contributed by atoms with van der Waals surface area (Å²) in [6, 6.07) is 25.4. The van der Waals surface area contributed by atoms with E-state index in [4.69, 9.17) is 4.42 Å². The van der Waals surface area contributed by atoms with Gasteiger partial charge in [-0.2, -0.15) is 0 Å². The van der Waals surface area contributed by atoms with E-state index in [1.54, 1.807) is 0 Å². The second-order valence-corrected chi connectivity index (χ2v) is 6.58. The van der Waals surface area contributed by atoms with E-state index in [-0.39, 0.29) is 0 Å². The van der Waals surface area contributed by atoms with E-state index >= 15 is 0 Å². The average molecular weight is 322 g/mol. The number of fused-ring (bicyclic) bond motifs is 3. The molecule has 1 atom stereocenters. The summed E-state index contributed by atoms with van der Waals surface area (Å²) in [6.07, 6.45) is 7.95. The predicted molar refractivity (Wildman–Crippen MR) is 105 cm³/mol. The van der Waals surface area contributed by atoms with Crippen molar-refractivity contribution in [3.63, 3.8) is 0 Å². The van der Waals surface area contributed by atoms with E-state index < -0.39 is 0 Å². The van der Waals surface area contributed by atoms with Gasteiger partial charge in [0.15, 0.2) is 0 Å². The van der Waals surface area contributed by atoms with Gasteiger partial charge in [0, 0.05) is 16.7 Å². The first-order valence-corrected chi connectivity index (χ1v) is 8.73. The van der Waals surface area contributed by atoms with E-state index in [1.807, 2.05) is 12.1 Å². The maximum Gasteiger partial charge on any atom is 0.135 e. The second kappa shape index (κ2) is 5.78. The third kappa shape index (κ3) is 2.49. The fourth-order valence-corrected chi connectivity index (χ4v) is 3.69. The standard InChI is InChI=1S/C24H18O/c1-2-6-17(7-3-1)18-10-12-19(13-11-18)20-14-15-24-22(16-20)21-8-4-5-9-23(21)25-24/h1-12,14-16,19H,13H2. The minimum atomic E-state index is 0.422. The lowest BCUT2D eigenvalue weighted by Gasteiger charge is -2.17. The molecule has 0 bridgehead atoms. The first kappa shape index (κ1) is 14.3. The van der Waals surface area contributed by atoms with Crippen LogP contribution in [0.2, 0.25) is 0 Å². The van der Waals surface area contributed by atoms with Gasteiger partial charge in [-0.25, -0.2) is 0 Å². The number of benzene rings is 3. The van der Waals surface area contributed by atoms with Crippen molar-refractivity contribution >= 4 is 27.5 Å². The van der Waals surface area contributed by atoms with Gasteiger partial charge in [-0.05, 0) is 41.3 Å². The molecule has 0 saturated carbocycles. The van der Waals surface area contributed by atoms with Crippen LogP contribution >= 0.6 is 0 Å². The van der Waals surface area contributed by atoms with Gasteiger partial charge in [-0.15, -0.1) is 0 Å². The Labute approximate surface area is 146 Å². The Morgan fingerprint density at radius 1 is 0.760 bits per heavy atom. The maximum atomic E-state index is 5.94. The van der Waals surface area contributed by atoms with Crippen LogP contribution in [-0.4, -0.2) is 0 Å². The van der Waals surface area contributed by atoms with Gasteiger partial charge >= 0.3 is 0 Å². The van der Waals surface area contributed by atoms with Crippen molar-refractivity contribution in [2.75, 3.05) is 0 Å². The highest BCUT2D eigenvalue weighted by Gasteiger charge is 2.14. The summed E-state index contributed by atoms with van der Waals surface area (Å²) in [5.41, 5.74) is 5.86. The molecule has 0 amide bonds. The lowest BCUT2D eigenvalue weighted by molar-refractivity contribution is 0.668. The Morgan fingerprint density at radius 3 is 2.40 bits per heavy atom. The third-order valence-corrected chi connectivity index (χ3v) is 5.04. The van der Waals surface area contributed by atoms with Crippen molar-refractivity contribution in [3.8, 4) is 0 Å². The minimum Gasteiger partial charge on any atom is -0.456 e. The highest BCUT2D eigenvalue weighted by Crippen LogP contribution is 2.35. The van der Waals surface area contributed by atoms with Crippen LogP contribution in [0.3, 0.4) is 0 Å². The zero-order chi connectivity index (χ0) is 16.6. The maximum absolute atomic E-state index is 5.94. The topological polar surface area (TPSA) is 13.1 Å². The summed E-state index contributed by atoms with van der Waals surface area (Å²) >= 11 is 0. The molecule has 120 valence electrons. The molecule has 1 aromatic heterocycles. The SMILES string of the molecule is C1=CC(c2ccc3oc4ccccc4c3c2)CC=C1c1ccccc1. The summed E-state index contributed by atoms with van der Waals surface area (Å²) in [5, 5.41) is 2.40. The van der Waals surface area contributed by atoms with Crippen LogP contribution in [0.15, 0.2) is 95.4 Å². The molecule has 5 rings (SSSR count). The van der Waals surface area contributed by atoms with Gasteiger partial charge in [-0.1, -0.05) is 72.8 Å². The highest BCUT2D eigenvalue weighted by molar-refractivity contribution is 6.05. The number of hydrogen-bond donors (Lipinski definition) is 0. The van der Waals surface area contributed by atoms with E-state index in [1.165, 1.54) is 27.5 Å². The first-order chi connectivity index (χ1) is 12.4. The number of allylic oxidation sites excluding steroid dienone is 4. The van der Waals surface area contributed by atoms with Gasteiger partial charge in [0.2, 0.25) is 0 Å². The zero-order valence-corrected chi connectivity index (χ0v) is 13.9. The second-order valence-electron chi connectivity index (χ2n) is 6.58. The van der Waals surface area contributed by atoms with Crippen molar-refractivity contribution < 1.29 is 4.42 Å². The summed E-state index contributed by atoms with van der Waals surface area (Å²) in [7, 11) is 0. The van der Waals surface area contributed by atoms with Gasteiger partial charge in [0.1, 0.15) is 11.2 Å². The molecule has 1 heteroatoms. The molecule has 0 N–H and O–H groups in total. The quantitative estimate of drug-likeness (QED) is 0.399. The van der Waals surface area contributed by atoms with Crippen molar-refractivity contribution in [2.45, 2.75) is 12.3 Å². The molecular weight excluding hydrogens is 304 g/mol. The van der Waals surface area contributed by atoms with Crippen LogP contribution < -0.4 is 0 Å². The fourth-order valence-electron chi connectivity index (χ4n) is 3.69. The van der Waals surface area contributed by atoms with Crippen LogP contribution in [0.25, 0.3) is 27.5 Å². The smallest absolute Gasteiger partial charge is 0.135 e.